The summed E-state index contributed by atoms with van der Waals surface area (Å²) in [6, 6.07) is 9.50. The van der Waals surface area contributed by atoms with Gasteiger partial charge in [-0.25, -0.2) is 4.98 Å². The molecule has 3 aromatic rings. The Hall–Kier alpha value is -2.16. The summed E-state index contributed by atoms with van der Waals surface area (Å²) in [5, 5.41) is 13.7. The number of anilines is 2. The molecule has 0 radical (unpaired) electrons. The maximum Gasteiger partial charge on any atom is 0.225 e. The lowest BCUT2D eigenvalue weighted by Gasteiger charge is -2.12. The van der Waals surface area contributed by atoms with Gasteiger partial charge in [-0.3, -0.25) is 0 Å². The molecule has 114 valence electrons. The molecule has 23 heavy (non-hydrogen) atoms. The van der Waals surface area contributed by atoms with E-state index in [1.165, 1.54) is 23.3 Å². The van der Waals surface area contributed by atoms with E-state index in [2.05, 4.69) is 21.4 Å². The lowest BCUT2D eigenvalue weighted by molar-refractivity contribution is 0.700. The van der Waals surface area contributed by atoms with Crippen LogP contribution in [0.1, 0.15) is 28.8 Å². The summed E-state index contributed by atoms with van der Waals surface area (Å²) in [6.45, 7) is 0. The van der Waals surface area contributed by atoms with Gasteiger partial charge in [0.15, 0.2) is 0 Å². The number of aromatic nitrogens is 2. The van der Waals surface area contributed by atoms with Crippen molar-refractivity contribution in [2.75, 3.05) is 5.32 Å². The summed E-state index contributed by atoms with van der Waals surface area (Å²) in [7, 11) is 0. The van der Waals surface area contributed by atoms with Gasteiger partial charge in [-0.2, -0.15) is 10.2 Å². The molecular weight excluding hydrogens is 328 g/mol. The number of nitrogens with zero attached hydrogens (tertiary/aromatic N) is 3. The van der Waals surface area contributed by atoms with Crippen LogP contribution >= 0.6 is 22.9 Å². The third-order valence-corrected chi connectivity index (χ3v) is 5.40. The third-order valence-electron chi connectivity index (χ3n) is 4.04. The Bertz CT molecular complexity index is 942. The lowest BCUT2D eigenvalue weighted by atomic mass is 9.97. The Morgan fingerprint density at radius 3 is 2.96 bits per heavy atom. The Labute approximate surface area is 142 Å². The molecule has 4 rings (SSSR count). The van der Waals surface area contributed by atoms with Crippen LogP contribution in [-0.2, 0) is 12.8 Å². The second-order valence-electron chi connectivity index (χ2n) is 5.55. The molecule has 2 heterocycles. The zero-order valence-electron chi connectivity index (χ0n) is 12.3. The molecule has 4 nitrogen and oxygen atoms in total. The predicted molar refractivity (Wildman–Crippen MR) is 93.5 cm³/mol. The van der Waals surface area contributed by atoms with Crippen molar-refractivity contribution in [1.82, 2.24) is 9.97 Å². The van der Waals surface area contributed by atoms with E-state index in [1.54, 1.807) is 23.5 Å². The first-order chi connectivity index (χ1) is 11.2. The van der Waals surface area contributed by atoms with E-state index in [4.69, 9.17) is 16.9 Å². The van der Waals surface area contributed by atoms with Gasteiger partial charge >= 0.3 is 0 Å². The van der Waals surface area contributed by atoms with Crippen LogP contribution in [0.5, 0.6) is 0 Å². The molecule has 0 spiro atoms. The van der Waals surface area contributed by atoms with Gasteiger partial charge in [0.1, 0.15) is 10.6 Å². The van der Waals surface area contributed by atoms with Crippen LogP contribution in [0.25, 0.3) is 10.2 Å². The van der Waals surface area contributed by atoms with Crippen LogP contribution in [0, 0.1) is 11.3 Å². The number of nitrogens with one attached hydrogen (secondary N) is 1. The van der Waals surface area contributed by atoms with Crippen LogP contribution in [0.2, 0.25) is 5.28 Å². The van der Waals surface area contributed by atoms with Gasteiger partial charge in [-0.05, 0) is 61.0 Å². The number of thiophene rings is 1. The fourth-order valence-electron chi connectivity index (χ4n) is 3.03. The van der Waals surface area contributed by atoms with E-state index in [-0.39, 0.29) is 5.28 Å². The number of nitriles is 1. The third kappa shape index (κ3) is 2.65. The van der Waals surface area contributed by atoms with Gasteiger partial charge in [0.05, 0.1) is 17.0 Å². The highest BCUT2D eigenvalue weighted by Crippen LogP contribution is 2.39. The molecule has 0 saturated heterocycles. The highest BCUT2D eigenvalue weighted by atomic mass is 35.5. The second kappa shape index (κ2) is 5.80. The summed E-state index contributed by atoms with van der Waals surface area (Å²) < 4.78 is 0. The van der Waals surface area contributed by atoms with Crippen molar-refractivity contribution in [2.24, 2.45) is 0 Å². The number of hydrogen-bond acceptors (Lipinski definition) is 5. The van der Waals surface area contributed by atoms with E-state index in [1.807, 2.05) is 12.1 Å². The number of aryl methyl sites for hydroxylation is 2. The van der Waals surface area contributed by atoms with Gasteiger partial charge < -0.3 is 5.32 Å². The van der Waals surface area contributed by atoms with Crippen LogP contribution in [0.3, 0.4) is 0 Å². The van der Waals surface area contributed by atoms with E-state index >= 15 is 0 Å². The van der Waals surface area contributed by atoms with E-state index in [0.29, 0.717) is 5.56 Å². The minimum absolute atomic E-state index is 0.245. The normalized spacial score (nSPS) is 13.6. The maximum absolute atomic E-state index is 9.05. The summed E-state index contributed by atoms with van der Waals surface area (Å²) in [5.74, 6) is 0.731. The van der Waals surface area contributed by atoms with Crippen molar-refractivity contribution in [2.45, 2.75) is 25.7 Å². The predicted octanol–water partition coefficient (Wildman–Crippen LogP) is 4.84. The molecule has 0 amide bonds. The molecule has 6 heteroatoms. The number of benzene rings is 1. The number of fused-ring (bicyclic) bond motifs is 3. The molecule has 0 aliphatic heterocycles. The molecule has 0 saturated carbocycles. The first-order valence-corrected chi connectivity index (χ1v) is 8.69. The van der Waals surface area contributed by atoms with Crippen molar-refractivity contribution in [3.63, 3.8) is 0 Å². The summed E-state index contributed by atoms with van der Waals surface area (Å²) >= 11 is 7.82. The van der Waals surface area contributed by atoms with Crippen LogP contribution in [0.15, 0.2) is 24.3 Å². The van der Waals surface area contributed by atoms with Gasteiger partial charge in [0, 0.05) is 10.6 Å². The average molecular weight is 341 g/mol. The Morgan fingerprint density at radius 2 is 2.09 bits per heavy atom. The quantitative estimate of drug-likeness (QED) is 0.678. The SMILES string of the molecule is N#Cc1cccc(Nc2nc(Cl)nc3sc4c(c23)CCCC4)c1. The van der Waals surface area contributed by atoms with Crippen molar-refractivity contribution in [3.05, 3.63) is 45.6 Å². The van der Waals surface area contributed by atoms with Crippen molar-refractivity contribution < 1.29 is 0 Å². The number of hydrogen-bond donors (Lipinski definition) is 1. The summed E-state index contributed by atoms with van der Waals surface area (Å²) in [6.07, 6.45) is 4.60. The molecule has 1 N–H and O–H groups in total. The minimum atomic E-state index is 0.245. The van der Waals surface area contributed by atoms with Gasteiger partial charge in [0.2, 0.25) is 5.28 Å². The van der Waals surface area contributed by atoms with Crippen LogP contribution < -0.4 is 5.32 Å². The zero-order chi connectivity index (χ0) is 15.8. The highest BCUT2D eigenvalue weighted by Gasteiger charge is 2.21. The topological polar surface area (TPSA) is 61.6 Å². The molecule has 0 bridgehead atoms. The first-order valence-electron chi connectivity index (χ1n) is 7.49. The average Bonchev–Trinajstić information content (AvgIpc) is 2.93. The summed E-state index contributed by atoms with van der Waals surface area (Å²) in [5.41, 5.74) is 2.79. The van der Waals surface area contributed by atoms with Crippen molar-refractivity contribution in [3.8, 4) is 6.07 Å². The van der Waals surface area contributed by atoms with E-state index in [9.17, 15) is 0 Å². The smallest absolute Gasteiger partial charge is 0.225 e. The van der Waals surface area contributed by atoms with Crippen LogP contribution in [0.4, 0.5) is 11.5 Å². The standard InChI is InChI=1S/C17H13ClN4S/c18-17-21-15(20-11-5-3-4-10(8-11)9-19)14-12-6-1-2-7-13(12)23-16(14)22-17/h3-5,8H,1-2,6-7H2,(H,20,21,22). The van der Waals surface area contributed by atoms with E-state index < -0.39 is 0 Å². The maximum atomic E-state index is 9.05. The monoisotopic (exact) mass is 340 g/mol. The highest BCUT2D eigenvalue weighted by molar-refractivity contribution is 7.19. The largest absolute Gasteiger partial charge is 0.339 e. The van der Waals surface area contributed by atoms with Gasteiger partial charge in [0.25, 0.3) is 0 Å². The molecule has 0 atom stereocenters. The fraction of sp³-hybridized carbons (Fsp3) is 0.235. The minimum Gasteiger partial charge on any atom is -0.339 e. The fourth-order valence-corrected chi connectivity index (χ4v) is 4.51. The lowest BCUT2D eigenvalue weighted by Crippen LogP contribution is -2.01. The van der Waals surface area contributed by atoms with Crippen molar-refractivity contribution >= 4 is 44.7 Å². The van der Waals surface area contributed by atoms with Crippen LogP contribution in [-0.4, -0.2) is 9.97 Å². The number of rotatable bonds is 2. The molecule has 1 aliphatic rings. The van der Waals surface area contributed by atoms with E-state index in [0.717, 1.165) is 34.6 Å². The second-order valence-corrected chi connectivity index (χ2v) is 6.97. The zero-order valence-corrected chi connectivity index (χ0v) is 13.8. The first kappa shape index (κ1) is 14.4. The Kier molecular flexibility index (Phi) is 3.64. The Balaban J connectivity index is 1.85. The molecule has 0 unspecified atom stereocenters. The van der Waals surface area contributed by atoms with Gasteiger partial charge in [-0.1, -0.05) is 6.07 Å². The Morgan fingerprint density at radius 1 is 1.22 bits per heavy atom. The van der Waals surface area contributed by atoms with Crippen molar-refractivity contribution in [1.29, 1.82) is 5.26 Å². The molecule has 0 fully saturated rings. The molecule has 2 aromatic heterocycles. The molecular formula is C17H13ClN4S. The van der Waals surface area contributed by atoms with Gasteiger partial charge in [-0.15, -0.1) is 11.3 Å². The molecule has 1 aliphatic carbocycles. The summed E-state index contributed by atoms with van der Waals surface area (Å²) in [4.78, 5) is 11.1. The molecule has 1 aromatic carbocycles. The number of halogens is 1.